The number of halogens is 3. The van der Waals surface area contributed by atoms with Gasteiger partial charge in [-0.05, 0) is 40.8 Å². The van der Waals surface area contributed by atoms with Crippen LogP contribution in [-0.2, 0) is 0 Å². The number of hydrogen-bond donors (Lipinski definition) is 2. The van der Waals surface area contributed by atoms with Crippen LogP contribution in [0, 0.1) is 15.2 Å². The highest BCUT2D eigenvalue weighted by Gasteiger charge is 2.10. The van der Waals surface area contributed by atoms with Crippen molar-refractivity contribution in [1.82, 2.24) is 0 Å². The summed E-state index contributed by atoms with van der Waals surface area (Å²) in [5.41, 5.74) is 7.17. The van der Waals surface area contributed by atoms with E-state index in [1.165, 1.54) is 31.4 Å². The molecule has 0 bridgehead atoms. The second-order valence-electron chi connectivity index (χ2n) is 3.82. The van der Waals surface area contributed by atoms with Gasteiger partial charge in [0.2, 0.25) is 0 Å². The van der Waals surface area contributed by atoms with E-state index in [0.29, 0.717) is 14.9 Å². The average Bonchev–Trinajstić information content (AvgIpc) is 2.35. The third-order valence-corrected chi connectivity index (χ3v) is 3.42. The number of benzene rings is 2. The third kappa shape index (κ3) is 3.06. The second-order valence-corrected chi connectivity index (χ2v) is 4.99. The van der Waals surface area contributed by atoms with Gasteiger partial charge in [-0.15, -0.1) is 0 Å². The molecule has 2 aromatic rings. The maximum absolute atomic E-state index is 13.4. The number of methoxy groups -OCH3 is 1. The third-order valence-electron chi connectivity index (χ3n) is 2.52. The van der Waals surface area contributed by atoms with Gasteiger partial charge in [0, 0.05) is 15.7 Å². The minimum absolute atomic E-state index is 0.0915. The fourth-order valence-corrected chi connectivity index (χ4v) is 2.18. The van der Waals surface area contributed by atoms with E-state index in [0.717, 1.165) is 0 Å². The van der Waals surface area contributed by atoms with E-state index < -0.39 is 5.82 Å². The maximum atomic E-state index is 13.4. The SMILES string of the molecule is COc1cc(Nc2ccc(F)cc2I)c(N)cc1F. The summed E-state index contributed by atoms with van der Waals surface area (Å²) in [5.74, 6) is -0.757. The van der Waals surface area contributed by atoms with E-state index in [-0.39, 0.29) is 17.3 Å². The van der Waals surface area contributed by atoms with Crippen molar-refractivity contribution >= 4 is 39.7 Å². The molecule has 2 rings (SSSR count). The van der Waals surface area contributed by atoms with Gasteiger partial charge in [0.05, 0.1) is 24.2 Å². The van der Waals surface area contributed by atoms with Crippen molar-refractivity contribution in [3.8, 4) is 5.75 Å². The van der Waals surface area contributed by atoms with Gasteiger partial charge >= 0.3 is 0 Å². The summed E-state index contributed by atoms with van der Waals surface area (Å²) in [4.78, 5) is 0. The summed E-state index contributed by atoms with van der Waals surface area (Å²) >= 11 is 2.00. The summed E-state index contributed by atoms with van der Waals surface area (Å²) < 4.78 is 32.0. The van der Waals surface area contributed by atoms with Crippen LogP contribution in [0.25, 0.3) is 0 Å². The van der Waals surface area contributed by atoms with Crippen molar-refractivity contribution in [1.29, 1.82) is 0 Å². The van der Waals surface area contributed by atoms with Crippen molar-refractivity contribution in [2.45, 2.75) is 0 Å². The predicted molar refractivity (Wildman–Crippen MR) is 79.8 cm³/mol. The maximum Gasteiger partial charge on any atom is 0.167 e. The molecule has 0 saturated carbocycles. The fourth-order valence-electron chi connectivity index (χ4n) is 1.57. The lowest BCUT2D eigenvalue weighted by Gasteiger charge is -2.13. The van der Waals surface area contributed by atoms with Crippen LogP contribution in [0.4, 0.5) is 25.8 Å². The summed E-state index contributed by atoms with van der Waals surface area (Å²) in [6.45, 7) is 0. The molecule has 0 fully saturated rings. The van der Waals surface area contributed by atoms with Gasteiger partial charge in [-0.3, -0.25) is 0 Å². The molecule has 0 spiro atoms. The van der Waals surface area contributed by atoms with Gasteiger partial charge < -0.3 is 15.8 Å². The van der Waals surface area contributed by atoms with Crippen molar-refractivity contribution in [3.05, 3.63) is 45.5 Å². The Labute approximate surface area is 122 Å². The molecule has 0 radical (unpaired) electrons. The minimum Gasteiger partial charge on any atom is -0.494 e. The Morgan fingerprint density at radius 1 is 1.16 bits per heavy atom. The first-order valence-electron chi connectivity index (χ1n) is 5.36. The standard InChI is InChI=1S/C13H11F2IN2O/c1-19-13-6-12(10(17)5-8(13)15)18-11-3-2-7(14)4-9(11)16/h2-6,18H,17H2,1H3. The largest absolute Gasteiger partial charge is 0.494 e. The Morgan fingerprint density at radius 3 is 2.53 bits per heavy atom. The number of hydrogen-bond acceptors (Lipinski definition) is 3. The number of nitrogen functional groups attached to an aromatic ring is 1. The summed E-state index contributed by atoms with van der Waals surface area (Å²) in [6, 6.07) is 6.95. The van der Waals surface area contributed by atoms with Gasteiger partial charge in [0.1, 0.15) is 5.82 Å². The Balaban J connectivity index is 2.37. The van der Waals surface area contributed by atoms with E-state index in [4.69, 9.17) is 10.5 Å². The van der Waals surface area contributed by atoms with Crippen LogP contribution in [0.1, 0.15) is 0 Å². The van der Waals surface area contributed by atoms with Crippen LogP contribution in [0.2, 0.25) is 0 Å². The van der Waals surface area contributed by atoms with Crippen LogP contribution in [-0.4, -0.2) is 7.11 Å². The first-order valence-corrected chi connectivity index (χ1v) is 6.44. The lowest BCUT2D eigenvalue weighted by molar-refractivity contribution is 0.387. The second kappa shape index (κ2) is 5.60. The number of nitrogens with one attached hydrogen (secondary N) is 1. The molecule has 3 nitrogen and oxygen atoms in total. The number of rotatable bonds is 3. The Kier molecular flexibility index (Phi) is 4.08. The predicted octanol–water partition coefficient (Wildman–Crippen LogP) is 3.90. The molecular weight excluding hydrogens is 365 g/mol. The molecule has 0 heterocycles. The number of nitrogens with two attached hydrogens (primary N) is 1. The average molecular weight is 376 g/mol. The van der Waals surface area contributed by atoms with Crippen molar-refractivity contribution in [2.75, 3.05) is 18.2 Å². The van der Waals surface area contributed by atoms with Gasteiger partial charge in [-0.2, -0.15) is 0 Å². The molecule has 2 aromatic carbocycles. The molecular formula is C13H11F2IN2O. The highest BCUT2D eigenvalue weighted by atomic mass is 127. The smallest absolute Gasteiger partial charge is 0.167 e. The molecule has 6 heteroatoms. The number of ether oxygens (including phenoxy) is 1. The van der Waals surface area contributed by atoms with Crippen LogP contribution in [0.5, 0.6) is 5.75 Å². The monoisotopic (exact) mass is 376 g/mol. The summed E-state index contributed by atoms with van der Waals surface area (Å²) in [7, 11) is 1.38. The topological polar surface area (TPSA) is 47.3 Å². The first-order chi connectivity index (χ1) is 9.01. The molecule has 0 aromatic heterocycles. The fraction of sp³-hybridized carbons (Fsp3) is 0.0769. The normalized spacial score (nSPS) is 10.3. The van der Waals surface area contributed by atoms with E-state index in [9.17, 15) is 8.78 Å². The lowest BCUT2D eigenvalue weighted by Crippen LogP contribution is -2.00. The highest BCUT2D eigenvalue weighted by Crippen LogP contribution is 2.31. The Bertz CT molecular complexity index is 620. The van der Waals surface area contributed by atoms with Crippen molar-refractivity contribution in [2.24, 2.45) is 0 Å². The van der Waals surface area contributed by atoms with Gasteiger partial charge in [0.15, 0.2) is 11.6 Å². The van der Waals surface area contributed by atoms with Crippen LogP contribution >= 0.6 is 22.6 Å². The zero-order chi connectivity index (χ0) is 14.0. The van der Waals surface area contributed by atoms with Gasteiger partial charge in [-0.25, -0.2) is 8.78 Å². The molecule has 0 aliphatic rings. The molecule has 19 heavy (non-hydrogen) atoms. The van der Waals surface area contributed by atoms with Crippen LogP contribution in [0.15, 0.2) is 30.3 Å². The quantitative estimate of drug-likeness (QED) is 0.631. The van der Waals surface area contributed by atoms with Crippen molar-refractivity contribution in [3.63, 3.8) is 0 Å². The molecule has 0 aliphatic carbocycles. The van der Waals surface area contributed by atoms with Gasteiger partial charge in [-0.1, -0.05) is 0 Å². The Hall–Kier alpha value is -1.57. The van der Waals surface area contributed by atoms with Crippen molar-refractivity contribution < 1.29 is 13.5 Å². The Morgan fingerprint density at radius 2 is 1.89 bits per heavy atom. The molecule has 3 N–H and O–H groups in total. The van der Waals surface area contributed by atoms with Crippen LogP contribution < -0.4 is 15.8 Å². The summed E-state index contributed by atoms with van der Waals surface area (Å²) in [5, 5.41) is 3.02. The molecule has 0 aliphatic heterocycles. The lowest BCUT2D eigenvalue weighted by atomic mass is 10.2. The zero-order valence-corrected chi connectivity index (χ0v) is 12.2. The van der Waals surface area contributed by atoms with Crippen LogP contribution in [0.3, 0.4) is 0 Å². The number of anilines is 3. The molecule has 0 unspecified atom stereocenters. The zero-order valence-electron chi connectivity index (χ0n) is 10.0. The first kappa shape index (κ1) is 13.9. The molecule has 100 valence electrons. The van der Waals surface area contributed by atoms with E-state index in [1.54, 1.807) is 6.07 Å². The molecule has 0 atom stereocenters. The van der Waals surface area contributed by atoms with E-state index in [2.05, 4.69) is 5.32 Å². The highest BCUT2D eigenvalue weighted by molar-refractivity contribution is 14.1. The van der Waals surface area contributed by atoms with Gasteiger partial charge in [0.25, 0.3) is 0 Å². The van der Waals surface area contributed by atoms with E-state index >= 15 is 0 Å². The minimum atomic E-state index is -0.528. The van der Waals surface area contributed by atoms with E-state index in [1.807, 2.05) is 22.6 Å². The molecule has 0 amide bonds. The molecule has 0 saturated heterocycles. The summed E-state index contributed by atoms with van der Waals surface area (Å²) in [6.07, 6.45) is 0.